The van der Waals surface area contributed by atoms with E-state index < -0.39 is 0 Å². The number of carbonyl (C=O) groups is 2. The van der Waals surface area contributed by atoms with Gasteiger partial charge in [0.2, 0.25) is 0 Å². The molecule has 0 aromatic carbocycles. The molecule has 17 heteroatoms. The summed E-state index contributed by atoms with van der Waals surface area (Å²) in [6, 6.07) is 0. The molecule has 3 aliphatic heterocycles. The molecular weight excluding hydrogens is 1790 g/mol. The van der Waals surface area contributed by atoms with Crippen LogP contribution in [0.4, 0.5) is 0 Å². The van der Waals surface area contributed by atoms with Gasteiger partial charge in [-0.25, -0.2) is 0 Å². The highest BCUT2D eigenvalue weighted by Gasteiger charge is 2.34. The Morgan fingerprint density at radius 3 is 0.662 bits per heavy atom. The summed E-state index contributed by atoms with van der Waals surface area (Å²) < 4.78 is 56.6. The molecule has 3 aliphatic rings. The van der Waals surface area contributed by atoms with Crippen LogP contribution in [0, 0.1) is 0 Å². The summed E-state index contributed by atoms with van der Waals surface area (Å²) in [6.07, 6.45) is 120. The summed E-state index contributed by atoms with van der Waals surface area (Å²) in [5, 5.41) is 0. The number of hydrogen-bond donors (Lipinski definition) is 0. The molecule has 0 radical (unpaired) electrons. The summed E-state index contributed by atoms with van der Waals surface area (Å²) in [5.41, 5.74) is 0. The Kier molecular flexibility index (Phi) is 116. The van der Waals surface area contributed by atoms with Gasteiger partial charge in [-0.3, -0.25) is 9.59 Å². The van der Waals surface area contributed by atoms with E-state index in [0.29, 0.717) is 26.1 Å². The molecule has 3 rings (SSSR count). The van der Waals surface area contributed by atoms with Crippen LogP contribution in [-0.4, -0.2) is 210 Å². The normalized spacial score (nSPS) is 15.3. The fourth-order valence-corrected chi connectivity index (χ4v) is 19.4. The molecule has 3 saturated heterocycles. The molecule has 3 heterocycles. The lowest BCUT2D eigenvalue weighted by Gasteiger charge is -2.39. The molecule has 3 unspecified atom stereocenters. The van der Waals surface area contributed by atoms with Crippen molar-refractivity contribution in [3.05, 3.63) is 48.6 Å². The molecule has 0 aromatic heterocycles. The first-order valence-corrected chi connectivity index (χ1v) is 60.5. The van der Waals surface area contributed by atoms with Gasteiger partial charge < -0.3 is 93.3 Å². The summed E-state index contributed by atoms with van der Waals surface area (Å²) in [6.45, 7) is 32.4. The Labute approximate surface area is 884 Å². The van der Waals surface area contributed by atoms with Crippen LogP contribution in [0.5, 0.6) is 0 Å². The monoisotopic (exact) mass is 2030 g/mol. The number of unbranched alkanes of at least 4 members (excludes halogenated alkanes) is 66. The van der Waals surface area contributed by atoms with Gasteiger partial charge in [0.15, 0.2) is 6.10 Å². The number of carbonyl (C=O) groups excluding carboxylic acids is 2. The number of hydrogen-bond acceptors (Lipinski definition) is 11. The number of rotatable bonds is 101. The third-order valence-corrected chi connectivity index (χ3v) is 29.0. The Balaban J connectivity index is -0.00000198. The number of ether oxygens (including phenoxy) is 9. The summed E-state index contributed by atoms with van der Waals surface area (Å²) in [5.74, 6) is -0.117. The topological polar surface area (TPSA) is 117 Å². The number of likely N-dealkylation sites (N-methyl/N-ethyl adjacent to an activating group) is 3. The van der Waals surface area contributed by atoms with Crippen LogP contribution in [0.15, 0.2) is 48.6 Å². The zero-order valence-electron chi connectivity index (χ0n) is 94.0. The minimum absolute atomic E-state index is 0. The molecule has 0 aliphatic carbocycles. The van der Waals surface area contributed by atoms with Crippen molar-refractivity contribution in [3.63, 3.8) is 0 Å². The van der Waals surface area contributed by atoms with Gasteiger partial charge in [-0.1, -0.05) is 437 Å². The summed E-state index contributed by atoms with van der Waals surface area (Å²) in [4.78, 5) is 25.4. The average molecular weight is 2030 g/mol. The van der Waals surface area contributed by atoms with Crippen molar-refractivity contribution < 1.29 is 103 Å². The highest BCUT2D eigenvalue weighted by Crippen LogP contribution is 2.23. The maximum atomic E-state index is 12.8. The molecule has 0 amide bonds. The van der Waals surface area contributed by atoms with Crippen molar-refractivity contribution in [1.82, 2.24) is 0 Å². The van der Waals surface area contributed by atoms with E-state index in [0.717, 1.165) is 184 Å². The fourth-order valence-electron chi connectivity index (χ4n) is 19.4. The maximum absolute atomic E-state index is 12.8. The first-order valence-electron chi connectivity index (χ1n) is 60.5. The second-order valence-corrected chi connectivity index (χ2v) is 43.1. The Hall–Kier alpha value is -1.63. The van der Waals surface area contributed by atoms with E-state index in [1.165, 1.54) is 449 Å². The first-order chi connectivity index (χ1) is 66.9. The van der Waals surface area contributed by atoms with Gasteiger partial charge in [-0.2, -0.15) is 0 Å². The van der Waals surface area contributed by atoms with Gasteiger partial charge in [-0.15, -0.1) is 0 Å². The van der Waals surface area contributed by atoms with Crippen LogP contribution in [0.1, 0.15) is 542 Å². The van der Waals surface area contributed by atoms with Crippen LogP contribution in [0.25, 0.3) is 0 Å². The highest BCUT2D eigenvalue weighted by atomic mass is 35.5. The summed E-state index contributed by atoms with van der Waals surface area (Å²) in [7, 11) is 6.92. The highest BCUT2D eigenvalue weighted by molar-refractivity contribution is 5.69. The zero-order valence-corrected chi connectivity index (χ0v) is 96.3. The molecule has 0 bridgehead atoms. The van der Waals surface area contributed by atoms with E-state index in [1.54, 1.807) is 0 Å². The molecule has 0 spiro atoms. The fraction of sp³-hybridized carbons (Fsp3) is 0.918. The number of quaternary nitrogens is 3. The average Bonchev–Trinajstić information content (AvgIpc) is 0.871. The Morgan fingerprint density at radius 1 is 0.230 bits per heavy atom. The Morgan fingerprint density at radius 2 is 0.417 bits per heavy atom. The van der Waals surface area contributed by atoms with Gasteiger partial charge in [0.05, 0.1) is 74.0 Å². The van der Waals surface area contributed by atoms with Crippen molar-refractivity contribution in [2.75, 3.05) is 166 Å². The molecule has 0 aromatic rings. The SMILES string of the molecule is CCCCCCCC/C=C\CCCCCCCOC(COC(=O)CCCCCCC/C=C\CCCCCCCC)C[N+]1(C)CCOCC1.CCCCCCCC/C=C\CCCCCCCOCC(C[N+]1(C)CCOCC1)OC(=O)CCCCCCC/C=C\CCCCCCCC.CCCCCCCCCCCCCCOCC(C[N+]1(C)CCOCC1)OCCCCCCCCCCCCCC.[Cl-].[Cl-].[Cl-]. The molecular formula is C122H238Cl3N3O11. The van der Waals surface area contributed by atoms with Crippen LogP contribution < -0.4 is 37.2 Å². The van der Waals surface area contributed by atoms with Crippen LogP contribution in [0.3, 0.4) is 0 Å². The molecule has 0 N–H and O–H groups in total. The van der Waals surface area contributed by atoms with E-state index in [-0.39, 0.29) is 67.5 Å². The first kappa shape index (κ1) is 141. The lowest BCUT2D eigenvalue weighted by molar-refractivity contribution is -0.919. The lowest BCUT2D eigenvalue weighted by Crippen LogP contribution is -3.00. The predicted octanol–water partition coefficient (Wildman–Crippen LogP) is 25.4. The third kappa shape index (κ3) is 103. The van der Waals surface area contributed by atoms with Crippen molar-refractivity contribution in [3.8, 4) is 0 Å². The third-order valence-electron chi connectivity index (χ3n) is 29.0. The minimum Gasteiger partial charge on any atom is -1.00 e. The van der Waals surface area contributed by atoms with E-state index >= 15 is 0 Å². The van der Waals surface area contributed by atoms with Crippen molar-refractivity contribution in [2.24, 2.45) is 0 Å². The molecule has 3 atom stereocenters. The van der Waals surface area contributed by atoms with Crippen molar-refractivity contribution >= 4 is 11.9 Å². The van der Waals surface area contributed by atoms with Gasteiger partial charge >= 0.3 is 11.9 Å². The second-order valence-electron chi connectivity index (χ2n) is 43.1. The predicted molar refractivity (Wildman–Crippen MR) is 588 cm³/mol. The Bertz CT molecular complexity index is 2530. The number of halogens is 3. The quantitative estimate of drug-likeness (QED) is 0.0251. The lowest BCUT2D eigenvalue weighted by atomic mass is 10.1. The molecule has 139 heavy (non-hydrogen) atoms. The van der Waals surface area contributed by atoms with Crippen LogP contribution in [0.2, 0.25) is 0 Å². The van der Waals surface area contributed by atoms with Crippen LogP contribution >= 0.6 is 0 Å². The number of morpholine rings is 3. The standard InChI is InChI=1S/2C43H82NO4.C36H74NO3.3ClH/c1-4-6-8-10-12-14-16-18-20-22-24-26-28-30-32-34-43(45)48-41-42(40-44(3)35-38-46-39-36-44)47-37-33-31-29-27-25-23-21-19-17-15-13-11-9-7-5-2;1-4-6-8-10-12-14-16-18-20-22-24-26-28-30-32-34-43(45)48-42(40-44(3)35-38-46-39-36-44)41-47-37-33-31-29-27-25-23-21-19-17-15-13-11-9-7-5-2;1-4-6-8-10-12-14-16-18-20-22-24-26-30-39-35-36(34-37(3)28-32-38-33-29-37)40-31-27-25-23-21-19-17-15-13-11-9-7-5-2;;;/h2*18-21,42H,4-17,22-41H2,1-3H3;36H,4-35H2,1-3H3;3*1H/q3*+1;;;/p-3/b2*20-18-,21-19-;;;;. The molecule has 0 saturated carbocycles. The molecule has 828 valence electrons. The zero-order chi connectivity index (χ0) is 98.1. The van der Waals surface area contributed by atoms with Gasteiger partial charge in [0.1, 0.15) is 77.7 Å². The van der Waals surface area contributed by atoms with Crippen LogP contribution in [-0.2, 0) is 52.2 Å². The minimum atomic E-state index is -0.174. The number of nitrogens with zero attached hydrogens (tertiary/aromatic N) is 3. The van der Waals surface area contributed by atoms with Gasteiger partial charge in [0, 0.05) is 39.3 Å². The molecule has 3 fully saturated rings. The van der Waals surface area contributed by atoms with E-state index in [4.69, 9.17) is 42.6 Å². The summed E-state index contributed by atoms with van der Waals surface area (Å²) >= 11 is 0. The van der Waals surface area contributed by atoms with Gasteiger partial charge in [-0.05, 0) is 141 Å². The van der Waals surface area contributed by atoms with Gasteiger partial charge in [0.25, 0.3) is 0 Å². The van der Waals surface area contributed by atoms with Crippen molar-refractivity contribution in [1.29, 1.82) is 0 Å². The smallest absolute Gasteiger partial charge is 0.306 e. The number of allylic oxidation sites excluding steroid dienone is 8. The van der Waals surface area contributed by atoms with Crippen molar-refractivity contribution in [2.45, 2.75) is 561 Å². The largest absolute Gasteiger partial charge is 1.00 e. The van der Waals surface area contributed by atoms with E-state index in [1.807, 2.05) is 0 Å². The molecule has 14 nitrogen and oxygen atoms in total. The second kappa shape index (κ2) is 114. The van der Waals surface area contributed by atoms with E-state index in [9.17, 15) is 9.59 Å². The maximum Gasteiger partial charge on any atom is 0.306 e. The number of esters is 2. The van der Waals surface area contributed by atoms with E-state index in [2.05, 4.69) is 111 Å².